The average molecular weight is 291 g/mol. The smallest absolute Gasteiger partial charge is 0.122 e. The molecule has 2 fully saturated rings. The number of likely N-dealkylation sites (tertiary alicyclic amines) is 1. The normalized spacial score (nSPS) is 29.5. The van der Waals surface area contributed by atoms with Gasteiger partial charge >= 0.3 is 0 Å². The molecule has 116 valence electrons. The van der Waals surface area contributed by atoms with Crippen LogP contribution in [0.25, 0.3) is 0 Å². The lowest BCUT2D eigenvalue weighted by Gasteiger charge is -2.35. The summed E-state index contributed by atoms with van der Waals surface area (Å²) in [7, 11) is 2.06. The Morgan fingerprint density at radius 2 is 2.38 bits per heavy atom. The summed E-state index contributed by atoms with van der Waals surface area (Å²) in [4.78, 5) is 6.95. The molecule has 5 heteroatoms. The molecule has 0 radical (unpaired) electrons. The van der Waals surface area contributed by atoms with Gasteiger partial charge in [-0.2, -0.15) is 0 Å². The molecule has 0 aromatic carbocycles. The van der Waals surface area contributed by atoms with Gasteiger partial charge in [-0.1, -0.05) is 6.08 Å². The standard InChI is InChI=1S/C16H25N3O2/c1-3-10-20-12-13-4-5-14-15(21-13)6-8-19(14)11-16-17-7-9-18(16)2/h3,7,9,13-15H,1,4-6,8,10-12H2,2H3/t13-,14+,15+/m1/s1. The second-order valence-corrected chi connectivity index (χ2v) is 5.98. The summed E-state index contributed by atoms with van der Waals surface area (Å²) in [5.74, 6) is 1.13. The van der Waals surface area contributed by atoms with E-state index in [0.717, 1.165) is 31.8 Å². The number of aryl methyl sites for hydroxylation is 1. The molecule has 0 unspecified atom stereocenters. The Labute approximate surface area is 126 Å². The maximum absolute atomic E-state index is 6.21. The lowest BCUT2D eigenvalue weighted by atomic mass is 9.99. The van der Waals surface area contributed by atoms with Gasteiger partial charge in [-0.15, -0.1) is 6.58 Å². The van der Waals surface area contributed by atoms with Crippen LogP contribution in [0.5, 0.6) is 0 Å². The first-order valence-corrected chi connectivity index (χ1v) is 7.82. The Morgan fingerprint density at radius 1 is 1.48 bits per heavy atom. The molecule has 1 aromatic heterocycles. The van der Waals surface area contributed by atoms with Crippen LogP contribution in [0.4, 0.5) is 0 Å². The molecule has 2 saturated heterocycles. The molecular formula is C16H25N3O2. The predicted molar refractivity (Wildman–Crippen MR) is 80.9 cm³/mol. The molecule has 0 bridgehead atoms. The topological polar surface area (TPSA) is 39.5 Å². The van der Waals surface area contributed by atoms with Gasteiger partial charge in [-0.05, 0) is 19.3 Å². The maximum atomic E-state index is 6.21. The van der Waals surface area contributed by atoms with Gasteiger partial charge in [-0.25, -0.2) is 4.98 Å². The Bertz CT molecular complexity index is 474. The van der Waals surface area contributed by atoms with E-state index in [1.54, 1.807) is 6.08 Å². The Hall–Kier alpha value is -1.17. The monoisotopic (exact) mass is 291 g/mol. The molecule has 2 aliphatic heterocycles. The summed E-state index contributed by atoms with van der Waals surface area (Å²) in [6, 6.07) is 0.539. The van der Waals surface area contributed by atoms with E-state index in [4.69, 9.17) is 9.47 Å². The summed E-state index contributed by atoms with van der Waals surface area (Å²) in [5, 5.41) is 0. The van der Waals surface area contributed by atoms with E-state index >= 15 is 0 Å². The minimum absolute atomic E-state index is 0.249. The van der Waals surface area contributed by atoms with Gasteiger partial charge in [0.25, 0.3) is 0 Å². The van der Waals surface area contributed by atoms with Gasteiger partial charge in [-0.3, -0.25) is 4.90 Å². The van der Waals surface area contributed by atoms with Crippen LogP contribution in [0.2, 0.25) is 0 Å². The summed E-state index contributed by atoms with van der Waals surface area (Å²) in [6.45, 7) is 6.99. The van der Waals surface area contributed by atoms with Gasteiger partial charge in [0, 0.05) is 32.0 Å². The zero-order valence-corrected chi connectivity index (χ0v) is 12.8. The van der Waals surface area contributed by atoms with E-state index in [-0.39, 0.29) is 6.10 Å². The van der Waals surface area contributed by atoms with E-state index in [9.17, 15) is 0 Å². The summed E-state index contributed by atoms with van der Waals surface area (Å²) in [6.07, 6.45) is 9.66. The van der Waals surface area contributed by atoms with Gasteiger partial charge in [0.2, 0.25) is 0 Å². The molecule has 3 heterocycles. The lowest BCUT2D eigenvalue weighted by Crippen LogP contribution is -2.43. The van der Waals surface area contributed by atoms with Crippen molar-refractivity contribution in [2.75, 3.05) is 19.8 Å². The molecule has 3 atom stereocenters. The van der Waals surface area contributed by atoms with Crippen molar-refractivity contribution in [2.24, 2.45) is 7.05 Å². The molecule has 0 aliphatic carbocycles. The highest BCUT2D eigenvalue weighted by molar-refractivity contribution is 4.97. The predicted octanol–water partition coefficient (Wildman–Crippen LogP) is 1.74. The third kappa shape index (κ3) is 3.36. The van der Waals surface area contributed by atoms with Gasteiger partial charge in [0.05, 0.1) is 32.0 Å². The van der Waals surface area contributed by atoms with Crippen LogP contribution in [0.1, 0.15) is 25.1 Å². The highest BCUT2D eigenvalue weighted by Gasteiger charge is 2.39. The van der Waals surface area contributed by atoms with Crippen molar-refractivity contribution in [3.8, 4) is 0 Å². The van der Waals surface area contributed by atoms with Gasteiger partial charge < -0.3 is 14.0 Å². The lowest BCUT2D eigenvalue weighted by molar-refractivity contribution is -0.0973. The van der Waals surface area contributed by atoms with Crippen molar-refractivity contribution in [3.63, 3.8) is 0 Å². The van der Waals surface area contributed by atoms with Crippen LogP contribution in [0.15, 0.2) is 25.0 Å². The zero-order chi connectivity index (χ0) is 14.7. The van der Waals surface area contributed by atoms with E-state index < -0.39 is 0 Å². The third-order valence-electron chi connectivity index (χ3n) is 4.56. The van der Waals surface area contributed by atoms with Crippen molar-refractivity contribution < 1.29 is 9.47 Å². The molecule has 21 heavy (non-hydrogen) atoms. The quantitative estimate of drug-likeness (QED) is 0.591. The zero-order valence-electron chi connectivity index (χ0n) is 12.8. The number of fused-ring (bicyclic) bond motifs is 1. The van der Waals surface area contributed by atoms with E-state index in [2.05, 4.69) is 28.1 Å². The molecule has 3 rings (SSSR count). The molecule has 0 saturated carbocycles. The first kappa shape index (κ1) is 14.8. The third-order valence-corrected chi connectivity index (χ3v) is 4.56. The number of rotatable bonds is 6. The fourth-order valence-electron chi connectivity index (χ4n) is 3.42. The number of hydrogen-bond acceptors (Lipinski definition) is 4. The number of imidazole rings is 1. The van der Waals surface area contributed by atoms with Crippen LogP contribution < -0.4 is 0 Å². The van der Waals surface area contributed by atoms with Crippen molar-refractivity contribution in [1.82, 2.24) is 14.5 Å². The number of ether oxygens (including phenoxy) is 2. The fraction of sp³-hybridized carbons (Fsp3) is 0.688. The highest BCUT2D eigenvalue weighted by atomic mass is 16.5. The minimum atomic E-state index is 0.249. The largest absolute Gasteiger partial charge is 0.375 e. The van der Waals surface area contributed by atoms with Crippen molar-refractivity contribution in [3.05, 3.63) is 30.9 Å². The Balaban J connectivity index is 1.52. The van der Waals surface area contributed by atoms with Crippen molar-refractivity contribution in [1.29, 1.82) is 0 Å². The van der Waals surface area contributed by atoms with Crippen LogP contribution >= 0.6 is 0 Å². The SMILES string of the molecule is C=CCOC[C@H]1CC[C@H]2[C@H](CCN2Cc2nccn2C)O1. The Morgan fingerprint density at radius 3 is 3.14 bits per heavy atom. The fourth-order valence-corrected chi connectivity index (χ4v) is 3.42. The van der Waals surface area contributed by atoms with E-state index in [1.807, 2.05) is 12.4 Å². The number of nitrogens with zero attached hydrogens (tertiary/aromatic N) is 3. The van der Waals surface area contributed by atoms with E-state index in [1.165, 1.54) is 6.42 Å². The first-order chi connectivity index (χ1) is 10.3. The van der Waals surface area contributed by atoms with Crippen LogP contribution in [-0.2, 0) is 23.1 Å². The maximum Gasteiger partial charge on any atom is 0.122 e. The summed E-state index contributed by atoms with van der Waals surface area (Å²) < 4.78 is 13.8. The van der Waals surface area contributed by atoms with Gasteiger partial charge in [0.15, 0.2) is 0 Å². The van der Waals surface area contributed by atoms with Crippen LogP contribution in [0.3, 0.4) is 0 Å². The van der Waals surface area contributed by atoms with Gasteiger partial charge in [0.1, 0.15) is 5.82 Å². The molecule has 0 N–H and O–H groups in total. The average Bonchev–Trinajstić information content (AvgIpc) is 3.07. The number of hydrogen-bond donors (Lipinski definition) is 0. The second kappa shape index (κ2) is 6.73. The van der Waals surface area contributed by atoms with Crippen LogP contribution in [-0.4, -0.2) is 52.5 Å². The Kier molecular flexibility index (Phi) is 4.73. The number of aromatic nitrogens is 2. The molecular weight excluding hydrogens is 266 g/mol. The molecule has 0 amide bonds. The molecule has 5 nitrogen and oxygen atoms in total. The molecule has 2 aliphatic rings. The highest BCUT2D eigenvalue weighted by Crippen LogP contribution is 2.32. The second-order valence-electron chi connectivity index (χ2n) is 5.98. The summed E-state index contributed by atoms with van der Waals surface area (Å²) >= 11 is 0. The first-order valence-electron chi connectivity index (χ1n) is 7.82. The summed E-state index contributed by atoms with van der Waals surface area (Å²) in [5.41, 5.74) is 0. The molecule has 0 spiro atoms. The van der Waals surface area contributed by atoms with Crippen LogP contribution in [0, 0.1) is 0 Å². The molecule has 1 aromatic rings. The minimum Gasteiger partial charge on any atom is -0.375 e. The van der Waals surface area contributed by atoms with Crippen molar-refractivity contribution >= 4 is 0 Å². The van der Waals surface area contributed by atoms with Crippen molar-refractivity contribution in [2.45, 2.75) is 44.1 Å². The van der Waals surface area contributed by atoms with E-state index in [0.29, 0.717) is 25.4 Å².